The summed E-state index contributed by atoms with van der Waals surface area (Å²) in [7, 11) is 0. The Bertz CT molecular complexity index is 970. The molecule has 0 aliphatic carbocycles. The lowest BCUT2D eigenvalue weighted by Gasteiger charge is -2.14. The van der Waals surface area contributed by atoms with Gasteiger partial charge in [-0.15, -0.1) is 0 Å². The number of nitrogens with zero attached hydrogens (tertiary/aromatic N) is 3. The van der Waals surface area contributed by atoms with E-state index in [0.29, 0.717) is 30.6 Å². The summed E-state index contributed by atoms with van der Waals surface area (Å²) < 4.78 is 11.2. The van der Waals surface area contributed by atoms with Gasteiger partial charge in [0, 0.05) is 24.0 Å². The van der Waals surface area contributed by atoms with Crippen molar-refractivity contribution >= 4 is 16.9 Å². The number of carbonyl (C=O) groups excluding carboxylic acids is 1. The summed E-state index contributed by atoms with van der Waals surface area (Å²) >= 11 is 0. The average Bonchev–Trinajstić information content (AvgIpc) is 3.29. The molecular formula is C19H21N3O3. The van der Waals surface area contributed by atoms with E-state index in [4.69, 9.17) is 8.94 Å². The first kappa shape index (κ1) is 15.9. The molecule has 4 rings (SSSR count). The lowest BCUT2D eigenvalue weighted by atomic mass is 10.0. The summed E-state index contributed by atoms with van der Waals surface area (Å²) in [6.07, 6.45) is 0.824. The Kier molecular flexibility index (Phi) is 3.63. The fourth-order valence-electron chi connectivity index (χ4n) is 3.65. The van der Waals surface area contributed by atoms with E-state index in [9.17, 15) is 4.79 Å². The maximum absolute atomic E-state index is 13.0. The quantitative estimate of drug-likeness (QED) is 0.712. The van der Waals surface area contributed by atoms with Gasteiger partial charge >= 0.3 is 0 Å². The highest BCUT2D eigenvalue weighted by molar-refractivity contribution is 6.00. The monoisotopic (exact) mass is 339 g/mol. The van der Waals surface area contributed by atoms with E-state index < -0.39 is 0 Å². The number of benzene rings is 1. The van der Waals surface area contributed by atoms with Crippen molar-refractivity contribution in [2.75, 3.05) is 13.1 Å². The molecule has 0 spiro atoms. The normalized spacial score (nSPS) is 17.6. The summed E-state index contributed by atoms with van der Waals surface area (Å²) in [5.74, 6) is 1.71. The van der Waals surface area contributed by atoms with Crippen LogP contribution in [-0.4, -0.2) is 34.0 Å². The number of hydrogen-bond donors (Lipinski definition) is 0. The fourth-order valence-corrected chi connectivity index (χ4v) is 3.65. The molecule has 6 heteroatoms. The summed E-state index contributed by atoms with van der Waals surface area (Å²) in [4.78, 5) is 19.1. The Hall–Kier alpha value is -2.63. The minimum atomic E-state index is -0.0637. The van der Waals surface area contributed by atoms with Crippen LogP contribution in [-0.2, 0) is 0 Å². The molecule has 0 saturated carbocycles. The van der Waals surface area contributed by atoms with E-state index in [-0.39, 0.29) is 11.8 Å². The van der Waals surface area contributed by atoms with Gasteiger partial charge in [-0.2, -0.15) is 4.98 Å². The Labute approximate surface area is 145 Å². The molecule has 2 aromatic heterocycles. The van der Waals surface area contributed by atoms with E-state index in [2.05, 4.69) is 16.2 Å². The lowest BCUT2D eigenvalue weighted by molar-refractivity contribution is 0.0759. The maximum Gasteiger partial charge on any atom is 0.289 e. The second kappa shape index (κ2) is 5.72. The predicted octanol–water partition coefficient (Wildman–Crippen LogP) is 3.68. The van der Waals surface area contributed by atoms with Crippen LogP contribution in [0, 0.1) is 27.7 Å². The molecule has 1 saturated heterocycles. The predicted molar refractivity (Wildman–Crippen MR) is 92.7 cm³/mol. The zero-order chi connectivity index (χ0) is 17.7. The van der Waals surface area contributed by atoms with Crippen LogP contribution in [0.2, 0.25) is 0 Å². The zero-order valence-corrected chi connectivity index (χ0v) is 14.9. The molecule has 25 heavy (non-hydrogen) atoms. The number of rotatable bonds is 2. The molecule has 0 unspecified atom stereocenters. The molecule has 3 heterocycles. The Morgan fingerprint density at radius 3 is 2.64 bits per heavy atom. The van der Waals surface area contributed by atoms with Crippen LogP contribution in [0.4, 0.5) is 0 Å². The molecule has 6 nitrogen and oxygen atoms in total. The van der Waals surface area contributed by atoms with Crippen LogP contribution < -0.4 is 0 Å². The maximum atomic E-state index is 13.0. The Morgan fingerprint density at radius 1 is 1.20 bits per heavy atom. The summed E-state index contributed by atoms with van der Waals surface area (Å²) in [5.41, 5.74) is 3.90. The Morgan fingerprint density at radius 2 is 1.96 bits per heavy atom. The number of hydrogen-bond acceptors (Lipinski definition) is 5. The first-order valence-electron chi connectivity index (χ1n) is 8.54. The molecule has 1 aliphatic rings. The topological polar surface area (TPSA) is 72.4 Å². The largest absolute Gasteiger partial charge is 0.450 e. The van der Waals surface area contributed by atoms with Crippen molar-refractivity contribution in [1.29, 1.82) is 0 Å². The number of fused-ring (bicyclic) bond motifs is 1. The van der Waals surface area contributed by atoms with Crippen molar-refractivity contribution < 1.29 is 13.7 Å². The van der Waals surface area contributed by atoms with E-state index in [1.165, 1.54) is 0 Å². The van der Waals surface area contributed by atoms with Crippen molar-refractivity contribution in [1.82, 2.24) is 15.0 Å². The molecule has 1 fully saturated rings. The van der Waals surface area contributed by atoms with Gasteiger partial charge in [0.2, 0.25) is 5.89 Å². The number of aryl methyl sites for hydroxylation is 4. The molecule has 1 amide bonds. The van der Waals surface area contributed by atoms with Crippen LogP contribution in [0.25, 0.3) is 11.0 Å². The van der Waals surface area contributed by atoms with E-state index in [0.717, 1.165) is 34.1 Å². The molecule has 0 N–H and O–H groups in total. The minimum Gasteiger partial charge on any atom is -0.450 e. The van der Waals surface area contributed by atoms with Gasteiger partial charge in [0.05, 0.1) is 5.92 Å². The number of likely N-dealkylation sites (tertiary alicyclic amines) is 1. The third-order valence-corrected chi connectivity index (χ3v) is 5.04. The molecule has 1 aromatic carbocycles. The third-order valence-electron chi connectivity index (χ3n) is 5.04. The summed E-state index contributed by atoms with van der Waals surface area (Å²) in [5, 5.41) is 4.89. The molecule has 0 bridgehead atoms. The van der Waals surface area contributed by atoms with Gasteiger partial charge in [0.15, 0.2) is 11.6 Å². The van der Waals surface area contributed by atoms with Crippen LogP contribution in [0.5, 0.6) is 0 Å². The van der Waals surface area contributed by atoms with Crippen LogP contribution in [0.3, 0.4) is 0 Å². The van der Waals surface area contributed by atoms with Gasteiger partial charge in [-0.3, -0.25) is 4.79 Å². The van der Waals surface area contributed by atoms with Gasteiger partial charge in [-0.05, 0) is 45.2 Å². The van der Waals surface area contributed by atoms with E-state index in [1.807, 2.05) is 31.7 Å². The average molecular weight is 339 g/mol. The van der Waals surface area contributed by atoms with Gasteiger partial charge in [-0.25, -0.2) is 0 Å². The molecular weight excluding hydrogens is 318 g/mol. The van der Waals surface area contributed by atoms with E-state index in [1.54, 1.807) is 6.92 Å². The van der Waals surface area contributed by atoms with Gasteiger partial charge < -0.3 is 13.8 Å². The summed E-state index contributed by atoms with van der Waals surface area (Å²) in [6.45, 7) is 9.05. The first-order valence-corrected chi connectivity index (χ1v) is 8.54. The van der Waals surface area contributed by atoms with Crippen molar-refractivity contribution in [3.63, 3.8) is 0 Å². The fraction of sp³-hybridized carbons (Fsp3) is 0.421. The van der Waals surface area contributed by atoms with Gasteiger partial charge in [0.1, 0.15) is 5.58 Å². The van der Waals surface area contributed by atoms with E-state index >= 15 is 0 Å². The standard InChI is InChI=1S/C19H21N3O3/c1-10-5-6-11(2)16-15(10)12(3)17(24-16)19(23)22-8-7-14(9-22)18-20-13(4)21-25-18/h5-6,14H,7-9H2,1-4H3/t14-/m1/s1. The third kappa shape index (κ3) is 2.52. The number of carbonyl (C=O) groups is 1. The highest BCUT2D eigenvalue weighted by atomic mass is 16.5. The second-order valence-electron chi connectivity index (χ2n) is 6.88. The highest BCUT2D eigenvalue weighted by Crippen LogP contribution is 2.33. The van der Waals surface area contributed by atoms with Crippen LogP contribution in [0.1, 0.15) is 51.3 Å². The molecule has 0 radical (unpaired) electrons. The van der Waals surface area contributed by atoms with Gasteiger partial charge in [0.25, 0.3) is 5.91 Å². The van der Waals surface area contributed by atoms with Crippen LogP contribution >= 0.6 is 0 Å². The molecule has 1 atom stereocenters. The van der Waals surface area contributed by atoms with Crippen LogP contribution in [0.15, 0.2) is 21.1 Å². The van der Waals surface area contributed by atoms with Crippen molar-refractivity contribution in [2.24, 2.45) is 0 Å². The Balaban J connectivity index is 1.64. The molecule has 1 aliphatic heterocycles. The SMILES string of the molecule is Cc1noc([C@@H]2CCN(C(=O)c3oc4c(C)ccc(C)c4c3C)C2)n1. The number of amides is 1. The smallest absolute Gasteiger partial charge is 0.289 e. The molecule has 3 aromatic rings. The number of aromatic nitrogens is 2. The molecule has 130 valence electrons. The summed E-state index contributed by atoms with van der Waals surface area (Å²) in [6, 6.07) is 4.09. The second-order valence-corrected chi connectivity index (χ2v) is 6.88. The highest BCUT2D eigenvalue weighted by Gasteiger charge is 2.33. The zero-order valence-electron chi connectivity index (χ0n) is 14.9. The first-order chi connectivity index (χ1) is 12.0. The minimum absolute atomic E-state index is 0.0637. The lowest BCUT2D eigenvalue weighted by Crippen LogP contribution is -2.28. The number of furan rings is 1. The van der Waals surface area contributed by atoms with Crippen molar-refractivity contribution in [3.8, 4) is 0 Å². The van der Waals surface area contributed by atoms with Gasteiger partial charge in [-0.1, -0.05) is 17.3 Å². The van der Waals surface area contributed by atoms with Crippen molar-refractivity contribution in [2.45, 2.75) is 40.0 Å². The van der Waals surface area contributed by atoms with Crippen molar-refractivity contribution in [3.05, 3.63) is 46.3 Å².